The van der Waals surface area contributed by atoms with Gasteiger partial charge in [-0.2, -0.15) is 0 Å². The fourth-order valence-electron chi connectivity index (χ4n) is 3.28. The van der Waals surface area contributed by atoms with Gasteiger partial charge in [0.05, 0.1) is 7.11 Å². The molecule has 0 fully saturated rings. The Kier molecular flexibility index (Phi) is 7.44. The van der Waals surface area contributed by atoms with Crippen LogP contribution >= 0.6 is 11.6 Å². The van der Waals surface area contributed by atoms with Crippen molar-refractivity contribution in [2.75, 3.05) is 13.7 Å². The zero-order valence-corrected chi connectivity index (χ0v) is 18.1. The number of benzene rings is 2. The number of methoxy groups -OCH3 is 1. The first-order valence-corrected chi connectivity index (χ1v) is 10.2. The predicted molar refractivity (Wildman–Crippen MR) is 119 cm³/mol. The number of hydrogen-bond donors (Lipinski definition) is 2. The normalized spacial score (nSPS) is 10.7. The molecule has 0 saturated carbocycles. The van der Waals surface area contributed by atoms with Crippen molar-refractivity contribution in [3.05, 3.63) is 80.7 Å². The summed E-state index contributed by atoms with van der Waals surface area (Å²) in [5.74, 6) is 0.708. The molecule has 1 aromatic heterocycles. The van der Waals surface area contributed by atoms with E-state index in [1.54, 1.807) is 38.3 Å². The monoisotopic (exact) mass is 441 g/mol. The van der Waals surface area contributed by atoms with Gasteiger partial charge in [-0.25, -0.2) is 4.98 Å². The van der Waals surface area contributed by atoms with Gasteiger partial charge in [-0.1, -0.05) is 35.9 Å². The van der Waals surface area contributed by atoms with Crippen molar-refractivity contribution in [1.82, 2.24) is 14.9 Å². The predicted octanol–water partition coefficient (Wildman–Crippen LogP) is 2.73. The minimum Gasteiger partial charge on any atom is -0.497 e. The number of hydrogen-bond acceptors (Lipinski definition) is 5. The van der Waals surface area contributed by atoms with E-state index >= 15 is 0 Å². The average molecular weight is 442 g/mol. The van der Waals surface area contributed by atoms with Gasteiger partial charge in [0.25, 0.3) is 5.56 Å². The number of halogens is 1. The zero-order valence-electron chi connectivity index (χ0n) is 17.4. The quantitative estimate of drug-likeness (QED) is 0.560. The summed E-state index contributed by atoms with van der Waals surface area (Å²) in [5.41, 5.74) is 2.05. The molecule has 0 aliphatic carbocycles. The van der Waals surface area contributed by atoms with Crippen LogP contribution in [0.25, 0.3) is 11.4 Å². The van der Waals surface area contributed by atoms with Crippen LogP contribution in [0.4, 0.5) is 0 Å². The number of ether oxygens (including phenoxy) is 1. The number of amides is 1. The molecule has 0 radical (unpaired) electrons. The number of aromatic nitrogens is 2. The van der Waals surface area contributed by atoms with Crippen LogP contribution < -0.4 is 15.6 Å². The summed E-state index contributed by atoms with van der Waals surface area (Å²) in [7, 11) is 1.58. The minimum absolute atomic E-state index is 0.166. The van der Waals surface area contributed by atoms with Gasteiger partial charge in [-0.3, -0.25) is 14.2 Å². The van der Waals surface area contributed by atoms with Crippen molar-refractivity contribution in [1.29, 1.82) is 0 Å². The van der Waals surface area contributed by atoms with Crippen molar-refractivity contribution < 1.29 is 14.6 Å². The van der Waals surface area contributed by atoms with Crippen LogP contribution in [-0.2, 0) is 24.3 Å². The second-order valence-electron chi connectivity index (χ2n) is 7.00. The number of aliphatic hydroxyl groups is 1. The molecular weight excluding hydrogens is 418 g/mol. The highest BCUT2D eigenvalue weighted by molar-refractivity contribution is 6.30. The summed E-state index contributed by atoms with van der Waals surface area (Å²) < 4.78 is 6.52. The first-order chi connectivity index (χ1) is 14.9. The summed E-state index contributed by atoms with van der Waals surface area (Å²) in [6, 6.07) is 14.3. The van der Waals surface area contributed by atoms with Gasteiger partial charge in [0.15, 0.2) is 0 Å². The Labute approximate surface area is 185 Å². The van der Waals surface area contributed by atoms with E-state index in [1.165, 1.54) is 4.57 Å². The lowest BCUT2D eigenvalue weighted by Crippen LogP contribution is -2.35. The molecule has 162 valence electrons. The molecule has 8 heteroatoms. The van der Waals surface area contributed by atoms with Gasteiger partial charge in [-0.15, -0.1) is 0 Å². The summed E-state index contributed by atoms with van der Waals surface area (Å²) >= 11 is 6.12. The third-order valence-corrected chi connectivity index (χ3v) is 5.07. The third-order valence-electron chi connectivity index (χ3n) is 4.84. The molecule has 3 aromatic rings. The van der Waals surface area contributed by atoms with Crippen LogP contribution in [0, 0.1) is 6.92 Å². The molecular formula is C23H24ClN3O4. The summed E-state index contributed by atoms with van der Waals surface area (Å²) in [5, 5.41) is 12.7. The highest BCUT2D eigenvalue weighted by Crippen LogP contribution is 2.21. The van der Waals surface area contributed by atoms with Gasteiger partial charge in [0.2, 0.25) is 5.91 Å². The van der Waals surface area contributed by atoms with E-state index in [-0.39, 0.29) is 31.0 Å². The number of carbonyl (C=O) groups is 1. The van der Waals surface area contributed by atoms with E-state index in [1.807, 2.05) is 24.3 Å². The van der Waals surface area contributed by atoms with Crippen LogP contribution in [0.15, 0.2) is 53.3 Å². The van der Waals surface area contributed by atoms with Crippen molar-refractivity contribution in [3.63, 3.8) is 0 Å². The fraction of sp³-hybridized carbons (Fsp3) is 0.261. The first kappa shape index (κ1) is 22.5. The molecule has 31 heavy (non-hydrogen) atoms. The largest absolute Gasteiger partial charge is 0.497 e. The standard InChI is InChI=1S/C23H24ClN3O4/c1-15-20(9-10-28)23(30)27(22(26-15)17-6-4-7-18(24)12-17)14-21(29)25-13-16-5-3-8-19(11-16)31-2/h3-8,11-12,28H,9-10,13-14H2,1-2H3,(H,25,29). The van der Waals surface area contributed by atoms with Crippen LogP contribution in [0.2, 0.25) is 5.02 Å². The Morgan fingerprint density at radius 2 is 2.00 bits per heavy atom. The molecule has 0 atom stereocenters. The molecule has 0 bridgehead atoms. The molecule has 0 aliphatic heterocycles. The van der Waals surface area contributed by atoms with Crippen LogP contribution in [0.3, 0.4) is 0 Å². The van der Waals surface area contributed by atoms with Crippen LogP contribution in [-0.4, -0.2) is 34.3 Å². The van der Waals surface area contributed by atoms with Gasteiger partial charge < -0.3 is 15.2 Å². The highest BCUT2D eigenvalue weighted by Gasteiger charge is 2.18. The Morgan fingerprint density at radius 1 is 1.23 bits per heavy atom. The van der Waals surface area contributed by atoms with E-state index in [0.29, 0.717) is 40.0 Å². The summed E-state index contributed by atoms with van der Waals surface area (Å²) in [6.07, 6.45) is 0.166. The average Bonchev–Trinajstić information content (AvgIpc) is 2.77. The van der Waals surface area contributed by atoms with E-state index in [4.69, 9.17) is 16.3 Å². The van der Waals surface area contributed by atoms with Gasteiger partial charge >= 0.3 is 0 Å². The Hall–Kier alpha value is -3.16. The second kappa shape index (κ2) is 10.2. The third kappa shape index (κ3) is 5.51. The highest BCUT2D eigenvalue weighted by atomic mass is 35.5. The molecule has 1 amide bonds. The molecule has 1 heterocycles. The molecule has 0 saturated heterocycles. The number of aryl methyl sites for hydroxylation is 1. The SMILES string of the molecule is COc1cccc(CNC(=O)Cn2c(-c3cccc(Cl)c3)nc(C)c(CCO)c2=O)c1. The molecule has 2 aromatic carbocycles. The molecule has 0 spiro atoms. The Bertz CT molecular complexity index is 1140. The lowest BCUT2D eigenvalue weighted by Gasteiger charge is -2.16. The molecule has 0 aliphatic rings. The van der Waals surface area contributed by atoms with E-state index in [2.05, 4.69) is 10.3 Å². The Morgan fingerprint density at radius 3 is 2.71 bits per heavy atom. The summed E-state index contributed by atoms with van der Waals surface area (Å²) in [6.45, 7) is 1.61. The molecule has 3 rings (SSSR count). The first-order valence-electron chi connectivity index (χ1n) is 9.79. The van der Waals surface area contributed by atoms with Gasteiger partial charge in [0.1, 0.15) is 18.1 Å². The van der Waals surface area contributed by atoms with Crippen LogP contribution in [0.1, 0.15) is 16.8 Å². The van der Waals surface area contributed by atoms with Crippen molar-refractivity contribution in [2.45, 2.75) is 26.4 Å². The van der Waals surface area contributed by atoms with E-state index in [9.17, 15) is 14.7 Å². The van der Waals surface area contributed by atoms with Gasteiger partial charge in [0, 0.05) is 41.4 Å². The minimum atomic E-state index is -0.354. The maximum atomic E-state index is 13.1. The number of carbonyl (C=O) groups excluding carboxylic acids is 1. The van der Waals surface area contributed by atoms with E-state index < -0.39 is 0 Å². The van der Waals surface area contributed by atoms with Crippen molar-refractivity contribution in [2.24, 2.45) is 0 Å². The number of aliphatic hydroxyl groups excluding tert-OH is 1. The summed E-state index contributed by atoms with van der Waals surface area (Å²) in [4.78, 5) is 30.4. The zero-order chi connectivity index (χ0) is 22.4. The molecule has 7 nitrogen and oxygen atoms in total. The lowest BCUT2D eigenvalue weighted by atomic mass is 10.1. The van der Waals surface area contributed by atoms with Crippen molar-refractivity contribution in [3.8, 4) is 17.1 Å². The second-order valence-corrected chi connectivity index (χ2v) is 7.44. The smallest absolute Gasteiger partial charge is 0.257 e. The molecule has 0 unspecified atom stereocenters. The maximum absolute atomic E-state index is 13.1. The van der Waals surface area contributed by atoms with Gasteiger partial charge in [-0.05, 0) is 36.8 Å². The van der Waals surface area contributed by atoms with Crippen LogP contribution in [0.5, 0.6) is 5.75 Å². The lowest BCUT2D eigenvalue weighted by molar-refractivity contribution is -0.121. The number of nitrogens with zero attached hydrogens (tertiary/aromatic N) is 2. The topological polar surface area (TPSA) is 93.4 Å². The number of nitrogens with one attached hydrogen (secondary N) is 1. The van der Waals surface area contributed by atoms with E-state index in [0.717, 1.165) is 5.56 Å². The Balaban J connectivity index is 1.91. The molecule has 2 N–H and O–H groups in total. The number of rotatable bonds is 8. The van der Waals surface area contributed by atoms with Crippen molar-refractivity contribution >= 4 is 17.5 Å². The fourth-order valence-corrected chi connectivity index (χ4v) is 3.47. The maximum Gasteiger partial charge on any atom is 0.257 e.